The van der Waals surface area contributed by atoms with Crippen LogP contribution in [0.3, 0.4) is 0 Å². The van der Waals surface area contributed by atoms with Gasteiger partial charge in [-0.1, -0.05) is 19.9 Å². The fourth-order valence-corrected chi connectivity index (χ4v) is 4.01. The molecule has 6 heteroatoms. The highest BCUT2D eigenvalue weighted by Crippen LogP contribution is 2.38. The molecule has 3 rings (SSSR count). The van der Waals surface area contributed by atoms with Crippen LogP contribution in [0.4, 0.5) is 11.4 Å². The Bertz CT molecular complexity index is 950. The Morgan fingerprint density at radius 3 is 2.30 bits per heavy atom. The maximum Gasteiger partial charge on any atom is 0.255 e. The van der Waals surface area contributed by atoms with E-state index in [1.165, 1.54) is 11.1 Å². The van der Waals surface area contributed by atoms with E-state index in [4.69, 9.17) is 0 Å². The Labute approximate surface area is 161 Å². The zero-order chi connectivity index (χ0) is 19.8. The quantitative estimate of drug-likeness (QED) is 0.800. The summed E-state index contributed by atoms with van der Waals surface area (Å²) >= 11 is 0. The van der Waals surface area contributed by atoms with Gasteiger partial charge in [-0.15, -0.1) is 0 Å². The minimum Gasteiger partial charge on any atom is -0.322 e. The Hall–Kier alpha value is -2.34. The van der Waals surface area contributed by atoms with Crippen molar-refractivity contribution >= 4 is 27.3 Å². The van der Waals surface area contributed by atoms with E-state index >= 15 is 0 Å². The lowest BCUT2D eigenvalue weighted by Gasteiger charge is -2.12. The minimum absolute atomic E-state index is 0.215. The molecular formula is C21H26N2O3S. The van der Waals surface area contributed by atoms with E-state index < -0.39 is 15.3 Å². The van der Waals surface area contributed by atoms with Gasteiger partial charge in [-0.3, -0.25) is 9.52 Å². The summed E-state index contributed by atoms with van der Waals surface area (Å²) in [6.45, 7) is 7.71. The minimum atomic E-state index is -3.40. The molecule has 144 valence electrons. The van der Waals surface area contributed by atoms with E-state index in [-0.39, 0.29) is 5.91 Å². The van der Waals surface area contributed by atoms with Crippen molar-refractivity contribution in [1.29, 1.82) is 0 Å². The standard InChI is InChI=1S/C21H26N2O3S/c1-13(2)27(25,26)23-18-7-5-16(6-8-18)21(24)22-19-9-10-20-15(4)14(3)11-17(20)12-19/h5-10,12-15,23H,11H2,1-4H3,(H,22,24). The Kier molecular flexibility index (Phi) is 5.29. The van der Waals surface area contributed by atoms with Crippen LogP contribution in [0.25, 0.3) is 0 Å². The van der Waals surface area contributed by atoms with Crippen molar-refractivity contribution in [1.82, 2.24) is 0 Å². The number of hydrogen-bond donors (Lipinski definition) is 2. The van der Waals surface area contributed by atoms with Gasteiger partial charge in [-0.2, -0.15) is 0 Å². The molecule has 2 atom stereocenters. The third-order valence-electron chi connectivity index (χ3n) is 5.31. The monoisotopic (exact) mass is 386 g/mol. The number of sulfonamides is 1. The van der Waals surface area contributed by atoms with Crippen molar-refractivity contribution < 1.29 is 13.2 Å². The smallest absolute Gasteiger partial charge is 0.255 e. The molecule has 1 aliphatic rings. The van der Waals surface area contributed by atoms with Gasteiger partial charge in [-0.05, 0) is 79.6 Å². The second-order valence-corrected chi connectivity index (χ2v) is 9.85. The lowest BCUT2D eigenvalue weighted by Crippen LogP contribution is -2.22. The van der Waals surface area contributed by atoms with Crippen LogP contribution in [0.1, 0.15) is 55.1 Å². The first-order valence-corrected chi connectivity index (χ1v) is 10.8. The van der Waals surface area contributed by atoms with Gasteiger partial charge in [0, 0.05) is 16.9 Å². The highest BCUT2D eigenvalue weighted by Gasteiger charge is 2.25. The number of hydrogen-bond acceptors (Lipinski definition) is 3. The lowest BCUT2D eigenvalue weighted by atomic mass is 9.97. The molecule has 2 aromatic carbocycles. The molecule has 2 unspecified atom stereocenters. The van der Waals surface area contributed by atoms with Crippen LogP contribution < -0.4 is 10.0 Å². The third-order valence-corrected chi connectivity index (χ3v) is 7.08. The van der Waals surface area contributed by atoms with Crippen LogP contribution in [-0.4, -0.2) is 19.6 Å². The molecule has 5 nitrogen and oxygen atoms in total. The molecule has 1 amide bonds. The number of carbonyl (C=O) groups is 1. The van der Waals surface area contributed by atoms with Crippen molar-refractivity contribution in [2.75, 3.05) is 10.0 Å². The maximum absolute atomic E-state index is 12.5. The number of nitrogens with one attached hydrogen (secondary N) is 2. The van der Waals surface area contributed by atoms with Crippen LogP contribution >= 0.6 is 0 Å². The van der Waals surface area contributed by atoms with Gasteiger partial charge >= 0.3 is 0 Å². The zero-order valence-corrected chi connectivity index (χ0v) is 16.9. The van der Waals surface area contributed by atoms with Crippen LogP contribution in [0.15, 0.2) is 42.5 Å². The lowest BCUT2D eigenvalue weighted by molar-refractivity contribution is 0.102. The van der Waals surface area contributed by atoms with E-state index in [1.807, 2.05) is 6.07 Å². The van der Waals surface area contributed by atoms with E-state index in [0.29, 0.717) is 23.1 Å². The Morgan fingerprint density at radius 2 is 1.67 bits per heavy atom. The molecule has 0 bridgehead atoms. The Balaban J connectivity index is 1.70. The van der Waals surface area contributed by atoms with Crippen LogP contribution in [0.5, 0.6) is 0 Å². The predicted molar refractivity (Wildman–Crippen MR) is 110 cm³/mol. The van der Waals surface area contributed by atoms with Crippen molar-refractivity contribution in [2.45, 2.75) is 45.3 Å². The van der Waals surface area contributed by atoms with Crippen LogP contribution in [0.2, 0.25) is 0 Å². The molecule has 0 heterocycles. The van der Waals surface area contributed by atoms with Crippen molar-refractivity contribution in [3.8, 4) is 0 Å². The number of carbonyl (C=O) groups excluding carboxylic acids is 1. The highest BCUT2D eigenvalue weighted by molar-refractivity contribution is 7.93. The van der Waals surface area contributed by atoms with E-state index in [1.54, 1.807) is 38.1 Å². The van der Waals surface area contributed by atoms with E-state index in [9.17, 15) is 13.2 Å². The van der Waals surface area contributed by atoms with E-state index in [0.717, 1.165) is 12.1 Å². The molecule has 0 aliphatic heterocycles. The summed E-state index contributed by atoms with van der Waals surface area (Å²) in [4.78, 5) is 12.5. The first-order chi connectivity index (χ1) is 12.7. The highest BCUT2D eigenvalue weighted by atomic mass is 32.2. The number of rotatable bonds is 5. The van der Waals surface area contributed by atoms with Crippen LogP contribution in [0, 0.1) is 5.92 Å². The normalized spacial score (nSPS) is 19.0. The van der Waals surface area contributed by atoms with Gasteiger partial charge in [-0.25, -0.2) is 8.42 Å². The number of amides is 1. The molecule has 0 saturated carbocycles. The fourth-order valence-electron chi connectivity index (χ4n) is 3.31. The first kappa shape index (κ1) is 19.4. The van der Waals surface area contributed by atoms with Gasteiger partial charge < -0.3 is 5.32 Å². The van der Waals surface area contributed by atoms with Crippen molar-refractivity contribution in [3.63, 3.8) is 0 Å². The summed E-state index contributed by atoms with van der Waals surface area (Å²) < 4.78 is 26.3. The summed E-state index contributed by atoms with van der Waals surface area (Å²) in [6.07, 6.45) is 1.03. The van der Waals surface area contributed by atoms with E-state index in [2.05, 4.69) is 36.0 Å². The average molecular weight is 387 g/mol. The van der Waals surface area contributed by atoms with Gasteiger partial charge in [0.15, 0.2) is 0 Å². The summed E-state index contributed by atoms with van der Waals surface area (Å²) in [5, 5.41) is 2.40. The van der Waals surface area contributed by atoms with Gasteiger partial charge in [0.1, 0.15) is 0 Å². The Morgan fingerprint density at radius 1 is 1.04 bits per heavy atom. The SMILES string of the molecule is CC1Cc2cc(NC(=O)c3ccc(NS(=O)(=O)C(C)C)cc3)ccc2C1C. The largest absolute Gasteiger partial charge is 0.322 e. The fraction of sp³-hybridized carbons (Fsp3) is 0.381. The maximum atomic E-state index is 12.5. The molecule has 1 aliphatic carbocycles. The molecule has 0 saturated heterocycles. The summed E-state index contributed by atoms with van der Waals surface area (Å²) in [7, 11) is -3.40. The van der Waals surface area contributed by atoms with Gasteiger partial charge in [0.2, 0.25) is 10.0 Å². The average Bonchev–Trinajstić information content (AvgIpc) is 2.89. The third kappa shape index (κ3) is 4.16. The molecule has 2 N–H and O–H groups in total. The second kappa shape index (κ2) is 7.35. The summed E-state index contributed by atoms with van der Waals surface area (Å²) in [6, 6.07) is 12.5. The number of anilines is 2. The summed E-state index contributed by atoms with van der Waals surface area (Å²) in [5.41, 5.74) is 4.36. The van der Waals surface area contributed by atoms with Crippen molar-refractivity contribution in [3.05, 3.63) is 59.2 Å². The molecule has 0 spiro atoms. The first-order valence-electron chi connectivity index (χ1n) is 9.23. The van der Waals surface area contributed by atoms with Crippen molar-refractivity contribution in [2.24, 2.45) is 5.92 Å². The van der Waals surface area contributed by atoms with Gasteiger partial charge in [0.05, 0.1) is 5.25 Å². The predicted octanol–water partition coefficient (Wildman–Crippen LogP) is 4.38. The number of benzene rings is 2. The molecular weight excluding hydrogens is 360 g/mol. The van der Waals surface area contributed by atoms with Crippen LogP contribution in [-0.2, 0) is 16.4 Å². The molecule has 27 heavy (non-hydrogen) atoms. The zero-order valence-electron chi connectivity index (χ0n) is 16.1. The van der Waals surface area contributed by atoms with Gasteiger partial charge in [0.25, 0.3) is 5.91 Å². The second-order valence-electron chi connectivity index (χ2n) is 7.61. The molecule has 0 aromatic heterocycles. The molecule has 2 aromatic rings. The molecule has 0 fully saturated rings. The summed E-state index contributed by atoms with van der Waals surface area (Å²) in [5.74, 6) is 0.951. The number of fused-ring (bicyclic) bond motifs is 1. The molecule has 0 radical (unpaired) electrons. The topological polar surface area (TPSA) is 75.3 Å².